The average molecular weight is 427 g/mol. The number of carbonyl (C=O) groups is 1. The molecule has 3 aromatic rings. The lowest BCUT2D eigenvalue weighted by Gasteiger charge is -2.12. The molecule has 5 nitrogen and oxygen atoms in total. The summed E-state index contributed by atoms with van der Waals surface area (Å²) in [6.45, 7) is 0.295. The highest BCUT2D eigenvalue weighted by Crippen LogP contribution is 2.14. The summed E-state index contributed by atoms with van der Waals surface area (Å²) in [4.78, 5) is 21.1. The van der Waals surface area contributed by atoms with E-state index in [-0.39, 0.29) is 11.9 Å². The van der Waals surface area contributed by atoms with Gasteiger partial charge in [-0.25, -0.2) is 9.38 Å². The van der Waals surface area contributed by atoms with Crippen LogP contribution in [0.2, 0.25) is 0 Å². The zero-order valence-electron chi connectivity index (χ0n) is 14.2. The van der Waals surface area contributed by atoms with Crippen molar-refractivity contribution >= 4 is 33.5 Å². The normalized spacial score (nSPS) is 11.1. The highest BCUT2D eigenvalue weighted by molar-refractivity contribution is 9.10. The molecule has 7 heteroatoms. The summed E-state index contributed by atoms with van der Waals surface area (Å²) in [5.41, 5.74) is 1.86. The maximum Gasteiger partial charge on any atom is 0.257 e. The number of hydrogen-bond acceptors (Lipinski definition) is 3. The van der Waals surface area contributed by atoms with Crippen LogP contribution in [0.5, 0.6) is 0 Å². The highest BCUT2D eigenvalue weighted by atomic mass is 79.9. The number of guanidine groups is 1. The Bertz CT molecular complexity index is 928. The van der Waals surface area contributed by atoms with Crippen molar-refractivity contribution in [2.45, 2.75) is 6.54 Å². The predicted octanol–water partition coefficient (Wildman–Crippen LogP) is 4.38. The number of amides is 1. The van der Waals surface area contributed by atoms with Crippen molar-refractivity contribution in [3.63, 3.8) is 0 Å². The summed E-state index contributed by atoms with van der Waals surface area (Å²) < 4.78 is 14.0. The first-order chi connectivity index (χ1) is 13.1. The van der Waals surface area contributed by atoms with E-state index in [0.717, 1.165) is 15.9 Å². The number of rotatable bonds is 4. The molecule has 0 aliphatic heterocycles. The summed E-state index contributed by atoms with van der Waals surface area (Å²) in [6.07, 6.45) is 1.68. The van der Waals surface area contributed by atoms with E-state index in [1.165, 1.54) is 24.3 Å². The zero-order chi connectivity index (χ0) is 19.1. The van der Waals surface area contributed by atoms with Crippen molar-refractivity contribution in [2.75, 3.05) is 5.32 Å². The van der Waals surface area contributed by atoms with E-state index in [2.05, 4.69) is 36.5 Å². The number of benzene rings is 2. The van der Waals surface area contributed by atoms with Gasteiger partial charge >= 0.3 is 0 Å². The standard InChI is InChI=1S/C20H16BrFN4O/c21-15-6-10-17(11-7-15)25-20(24-13-18-3-1-2-12-23-18)26-19(27)14-4-8-16(22)9-5-14/h1-12H,13H2,(H2,24,25,26,27). The Morgan fingerprint density at radius 2 is 1.78 bits per heavy atom. The van der Waals surface area contributed by atoms with Crippen molar-refractivity contribution in [3.05, 3.63) is 94.5 Å². The van der Waals surface area contributed by atoms with Crippen LogP contribution >= 0.6 is 15.9 Å². The molecular formula is C20H16BrFN4O. The third kappa shape index (κ3) is 5.72. The maximum absolute atomic E-state index is 13.1. The van der Waals surface area contributed by atoms with Crippen LogP contribution in [0.15, 0.2) is 82.4 Å². The molecule has 1 aromatic heterocycles. The largest absolute Gasteiger partial charge is 0.326 e. The first kappa shape index (κ1) is 18.7. The van der Waals surface area contributed by atoms with Gasteiger partial charge in [0.2, 0.25) is 5.96 Å². The quantitative estimate of drug-likeness (QED) is 0.480. The molecule has 1 heterocycles. The molecule has 27 heavy (non-hydrogen) atoms. The minimum absolute atomic E-state index is 0.275. The van der Waals surface area contributed by atoms with Gasteiger partial charge < -0.3 is 5.32 Å². The van der Waals surface area contributed by atoms with Gasteiger partial charge in [-0.05, 0) is 60.7 Å². The molecule has 0 fully saturated rings. The predicted molar refractivity (Wildman–Crippen MR) is 107 cm³/mol. The molecule has 136 valence electrons. The topological polar surface area (TPSA) is 66.4 Å². The van der Waals surface area contributed by atoms with Crippen molar-refractivity contribution in [1.29, 1.82) is 0 Å². The van der Waals surface area contributed by atoms with Crippen molar-refractivity contribution in [1.82, 2.24) is 10.3 Å². The van der Waals surface area contributed by atoms with Gasteiger partial charge in [0.1, 0.15) is 5.82 Å². The lowest BCUT2D eigenvalue weighted by atomic mass is 10.2. The van der Waals surface area contributed by atoms with Crippen molar-refractivity contribution < 1.29 is 9.18 Å². The van der Waals surface area contributed by atoms with Crippen LogP contribution in [0.25, 0.3) is 0 Å². The average Bonchev–Trinajstić information content (AvgIpc) is 2.69. The Hall–Kier alpha value is -3.06. The molecule has 0 spiro atoms. The van der Waals surface area contributed by atoms with E-state index in [1.54, 1.807) is 6.20 Å². The molecule has 2 aromatic carbocycles. The van der Waals surface area contributed by atoms with Gasteiger partial charge in [-0.2, -0.15) is 0 Å². The van der Waals surface area contributed by atoms with Crippen LogP contribution in [0, 0.1) is 5.82 Å². The fourth-order valence-electron chi connectivity index (χ4n) is 2.21. The second-order valence-electron chi connectivity index (χ2n) is 5.58. The van der Waals surface area contributed by atoms with E-state index >= 15 is 0 Å². The van der Waals surface area contributed by atoms with E-state index < -0.39 is 5.82 Å². The van der Waals surface area contributed by atoms with Gasteiger partial charge in [-0.15, -0.1) is 0 Å². The number of nitrogens with one attached hydrogen (secondary N) is 2. The summed E-state index contributed by atoms with van der Waals surface area (Å²) >= 11 is 3.38. The number of pyridine rings is 1. The molecule has 0 saturated carbocycles. The summed E-state index contributed by atoms with van der Waals surface area (Å²) in [5, 5.41) is 5.81. The molecule has 0 aliphatic carbocycles. The Labute approximate surface area is 164 Å². The first-order valence-corrected chi connectivity index (χ1v) is 8.93. The van der Waals surface area contributed by atoms with Crippen LogP contribution in [0.3, 0.4) is 0 Å². The second kappa shape index (κ2) is 9.05. The number of aromatic nitrogens is 1. The van der Waals surface area contributed by atoms with Gasteiger partial charge in [0, 0.05) is 21.9 Å². The smallest absolute Gasteiger partial charge is 0.257 e. The monoisotopic (exact) mass is 426 g/mol. The minimum atomic E-state index is -0.399. The summed E-state index contributed by atoms with van der Waals surface area (Å²) in [6, 6.07) is 18.3. The lowest BCUT2D eigenvalue weighted by molar-refractivity contribution is 0.0977. The Kier molecular flexibility index (Phi) is 6.27. The van der Waals surface area contributed by atoms with Crippen LogP contribution in [-0.2, 0) is 6.54 Å². The third-order valence-electron chi connectivity index (χ3n) is 3.57. The fourth-order valence-corrected chi connectivity index (χ4v) is 2.48. The molecule has 1 amide bonds. The molecule has 2 N–H and O–H groups in total. The number of carbonyl (C=O) groups excluding carboxylic acids is 1. The second-order valence-corrected chi connectivity index (χ2v) is 6.49. The van der Waals surface area contributed by atoms with E-state index in [1.807, 2.05) is 42.5 Å². The molecule has 0 saturated heterocycles. The van der Waals surface area contributed by atoms with Crippen LogP contribution < -0.4 is 10.6 Å². The minimum Gasteiger partial charge on any atom is -0.326 e. The van der Waals surface area contributed by atoms with Gasteiger partial charge in [-0.3, -0.25) is 15.1 Å². The van der Waals surface area contributed by atoms with E-state index in [0.29, 0.717) is 12.1 Å². The molecule has 0 radical (unpaired) electrons. The van der Waals surface area contributed by atoms with Crippen LogP contribution in [-0.4, -0.2) is 16.9 Å². The molecule has 0 unspecified atom stereocenters. The lowest BCUT2D eigenvalue weighted by Crippen LogP contribution is -2.36. The van der Waals surface area contributed by atoms with Crippen molar-refractivity contribution in [3.8, 4) is 0 Å². The number of hydrogen-bond donors (Lipinski definition) is 2. The molecular weight excluding hydrogens is 411 g/mol. The molecule has 0 bridgehead atoms. The Balaban J connectivity index is 1.78. The van der Waals surface area contributed by atoms with Crippen molar-refractivity contribution in [2.24, 2.45) is 4.99 Å². The van der Waals surface area contributed by atoms with Crippen LogP contribution in [0.1, 0.15) is 16.1 Å². The summed E-state index contributed by atoms with van der Waals surface area (Å²) in [5.74, 6) is -0.514. The van der Waals surface area contributed by atoms with Gasteiger partial charge in [-0.1, -0.05) is 22.0 Å². The Morgan fingerprint density at radius 3 is 2.44 bits per heavy atom. The first-order valence-electron chi connectivity index (χ1n) is 8.14. The molecule has 0 atom stereocenters. The molecule has 0 aliphatic rings. The van der Waals surface area contributed by atoms with Gasteiger partial charge in [0.15, 0.2) is 0 Å². The third-order valence-corrected chi connectivity index (χ3v) is 4.10. The zero-order valence-corrected chi connectivity index (χ0v) is 15.8. The number of halogens is 2. The number of aliphatic imine (C=N–C) groups is 1. The van der Waals surface area contributed by atoms with E-state index in [9.17, 15) is 9.18 Å². The van der Waals surface area contributed by atoms with Gasteiger partial charge in [0.05, 0.1) is 12.2 Å². The molecule has 3 rings (SSSR count). The Morgan fingerprint density at radius 1 is 1.04 bits per heavy atom. The van der Waals surface area contributed by atoms with E-state index in [4.69, 9.17) is 0 Å². The highest BCUT2D eigenvalue weighted by Gasteiger charge is 2.10. The number of nitrogens with zero attached hydrogens (tertiary/aromatic N) is 2. The summed E-state index contributed by atoms with van der Waals surface area (Å²) in [7, 11) is 0. The maximum atomic E-state index is 13.1. The number of anilines is 1. The van der Waals surface area contributed by atoms with Gasteiger partial charge in [0.25, 0.3) is 5.91 Å². The fraction of sp³-hybridized carbons (Fsp3) is 0.0500. The van der Waals surface area contributed by atoms with Crippen LogP contribution in [0.4, 0.5) is 10.1 Å². The SMILES string of the molecule is O=C(NC(=NCc1ccccn1)Nc1ccc(Br)cc1)c1ccc(F)cc1.